The maximum atomic E-state index is 14.7. The first kappa shape index (κ1) is 23.9. The summed E-state index contributed by atoms with van der Waals surface area (Å²) in [5.74, 6) is -10.1. The van der Waals surface area contributed by atoms with Crippen molar-refractivity contribution in [3.05, 3.63) is 106 Å². The van der Waals surface area contributed by atoms with E-state index in [9.17, 15) is 22.0 Å². The van der Waals surface area contributed by atoms with Gasteiger partial charge in [-0.15, -0.1) is 0 Å². The Labute approximate surface area is 214 Å². The molecule has 0 spiro atoms. The van der Waals surface area contributed by atoms with Crippen LogP contribution in [0.4, 0.5) is 22.0 Å². The molecule has 6 rings (SSSR count). The van der Waals surface area contributed by atoms with E-state index < -0.39 is 34.6 Å². The minimum absolute atomic E-state index is 0. The van der Waals surface area contributed by atoms with E-state index in [1.807, 2.05) is 30.4 Å². The Kier molecular flexibility index (Phi) is 5.96. The third kappa shape index (κ3) is 4.09. The molecule has 0 unspecified atom stereocenters. The van der Waals surface area contributed by atoms with Crippen molar-refractivity contribution in [3.63, 3.8) is 0 Å². The summed E-state index contributed by atoms with van der Waals surface area (Å²) in [4.78, 5) is 15.2. The van der Waals surface area contributed by atoms with Gasteiger partial charge in [-0.1, -0.05) is 0 Å². The van der Waals surface area contributed by atoms with Gasteiger partial charge in [0.1, 0.15) is 0 Å². The van der Waals surface area contributed by atoms with Crippen LogP contribution in [0.1, 0.15) is 28.3 Å². The largest absolute Gasteiger partial charge is 0.355 e. The van der Waals surface area contributed by atoms with Gasteiger partial charge in [0, 0.05) is 48.7 Å². The van der Waals surface area contributed by atoms with Crippen molar-refractivity contribution in [2.45, 2.75) is 0 Å². The van der Waals surface area contributed by atoms with Crippen molar-refractivity contribution in [3.8, 4) is 0 Å². The first-order valence-corrected chi connectivity index (χ1v) is 10.5. The van der Waals surface area contributed by atoms with Crippen LogP contribution >= 0.6 is 0 Å². The number of H-pyrrole nitrogens is 2. The fourth-order valence-electron chi connectivity index (χ4n) is 4.06. The Bertz CT molecular complexity index is 1740. The first-order chi connectivity index (χ1) is 16.9. The predicted molar refractivity (Wildman–Crippen MR) is 123 cm³/mol. The molecule has 3 aromatic heterocycles. The van der Waals surface area contributed by atoms with E-state index in [-0.39, 0.29) is 38.0 Å². The van der Waals surface area contributed by atoms with Crippen molar-refractivity contribution in [2.24, 2.45) is 0 Å². The number of aromatic nitrogens is 4. The summed E-state index contributed by atoms with van der Waals surface area (Å²) in [6, 6.07) is 13.8. The van der Waals surface area contributed by atoms with Gasteiger partial charge in [-0.05, 0) is 66.8 Å². The SMILES string of the molecule is Fc1c(F)c(F)c(C2=Cc3cc4ccc(cc5nc(cc6ccc(cc2n3)[nH]6)C=C5)[nH]4)c(F)c1F.[Pt]. The van der Waals surface area contributed by atoms with E-state index in [4.69, 9.17) is 0 Å². The zero-order valence-electron chi connectivity index (χ0n) is 18.0. The molecule has 0 radical (unpaired) electrons. The van der Waals surface area contributed by atoms with Crippen molar-refractivity contribution < 1.29 is 43.0 Å². The molecule has 4 nitrogen and oxygen atoms in total. The van der Waals surface area contributed by atoms with Crippen LogP contribution < -0.4 is 0 Å². The van der Waals surface area contributed by atoms with Crippen LogP contribution in [0.2, 0.25) is 0 Å². The zero-order chi connectivity index (χ0) is 24.3. The number of hydrogen-bond acceptors (Lipinski definition) is 2. The van der Waals surface area contributed by atoms with Gasteiger partial charge < -0.3 is 9.97 Å². The molecule has 0 amide bonds. The van der Waals surface area contributed by atoms with Crippen molar-refractivity contribution in [1.29, 1.82) is 0 Å². The van der Waals surface area contributed by atoms with Crippen LogP contribution in [0.3, 0.4) is 0 Å². The molecule has 0 atom stereocenters. The minimum atomic E-state index is -2.21. The molecule has 182 valence electrons. The number of nitrogens with zero attached hydrogens (tertiary/aromatic N) is 2. The molecular weight excluding hydrogens is 658 g/mol. The number of rotatable bonds is 1. The predicted octanol–water partition coefficient (Wildman–Crippen LogP) is 6.77. The molecule has 10 heteroatoms. The topological polar surface area (TPSA) is 57.4 Å². The normalized spacial score (nSPS) is 12.4. The van der Waals surface area contributed by atoms with Gasteiger partial charge >= 0.3 is 0 Å². The number of benzene rings is 1. The molecule has 0 aliphatic carbocycles. The maximum absolute atomic E-state index is 14.7. The Hall–Kier alpha value is -3.84. The zero-order valence-corrected chi connectivity index (χ0v) is 20.2. The standard InChI is InChI=1S/C26H13F5N4.Pt/c27-22-21(23(28)25(30)26(31)24(22)29)19-10-18-9-16-4-3-14(33-16)7-12-1-2-13(32-12)8-15-5-6-17(34-15)11-20(19)35-18;/h1-11,33-34H;. The Morgan fingerprint density at radius 3 is 1.50 bits per heavy atom. The second-order valence-corrected chi connectivity index (χ2v) is 8.04. The molecule has 2 aliphatic rings. The molecule has 2 N–H and O–H groups in total. The van der Waals surface area contributed by atoms with Gasteiger partial charge in [-0.3, -0.25) is 0 Å². The molecule has 8 bridgehead atoms. The van der Waals surface area contributed by atoms with Crippen LogP contribution in [0.5, 0.6) is 0 Å². The summed E-state index contributed by atoms with van der Waals surface area (Å²) in [7, 11) is 0. The van der Waals surface area contributed by atoms with Gasteiger partial charge in [-0.25, -0.2) is 31.9 Å². The summed E-state index contributed by atoms with van der Waals surface area (Å²) >= 11 is 0. The van der Waals surface area contributed by atoms with Crippen LogP contribution in [0, 0.1) is 29.1 Å². The van der Waals surface area contributed by atoms with Crippen LogP contribution in [0.25, 0.3) is 45.9 Å². The monoisotopic (exact) mass is 671 g/mol. The van der Waals surface area contributed by atoms with Gasteiger partial charge in [0.15, 0.2) is 23.3 Å². The molecular formula is C26H13F5N4Pt. The molecule has 36 heavy (non-hydrogen) atoms. The Morgan fingerprint density at radius 1 is 0.528 bits per heavy atom. The minimum Gasteiger partial charge on any atom is -0.355 e. The summed E-state index contributed by atoms with van der Waals surface area (Å²) in [5.41, 5.74) is 3.09. The smallest absolute Gasteiger partial charge is 0.200 e. The van der Waals surface area contributed by atoms with Crippen LogP contribution in [-0.2, 0) is 21.1 Å². The molecule has 0 saturated carbocycles. The third-order valence-electron chi connectivity index (χ3n) is 5.64. The molecule has 0 fully saturated rings. The third-order valence-corrected chi connectivity index (χ3v) is 5.64. The van der Waals surface area contributed by atoms with Gasteiger partial charge in [0.2, 0.25) is 5.82 Å². The van der Waals surface area contributed by atoms with Gasteiger partial charge in [0.25, 0.3) is 0 Å². The summed E-state index contributed by atoms with van der Waals surface area (Å²) in [5, 5.41) is 0. The summed E-state index contributed by atoms with van der Waals surface area (Å²) < 4.78 is 70.9. The number of fused-ring (bicyclic) bond motifs is 8. The average molecular weight is 671 g/mol. The second-order valence-electron chi connectivity index (χ2n) is 8.04. The number of hydrogen-bond donors (Lipinski definition) is 2. The van der Waals surface area contributed by atoms with E-state index in [2.05, 4.69) is 19.9 Å². The van der Waals surface area contributed by atoms with E-state index in [0.29, 0.717) is 22.2 Å². The summed E-state index contributed by atoms with van der Waals surface area (Å²) in [6.45, 7) is 0. The fourth-order valence-corrected chi connectivity index (χ4v) is 4.06. The van der Waals surface area contributed by atoms with E-state index in [1.165, 1.54) is 12.1 Å². The van der Waals surface area contributed by atoms with Gasteiger partial charge in [0.05, 0.1) is 28.3 Å². The number of nitrogens with one attached hydrogen (secondary N) is 2. The first-order valence-electron chi connectivity index (χ1n) is 10.5. The van der Waals surface area contributed by atoms with E-state index in [1.54, 1.807) is 24.3 Å². The molecule has 2 aliphatic heterocycles. The molecule has 0 saturated heterocycles. The van der Waals surface area contributed by atoms with E-state index in [0.717, 1.165) is 11.2 Å². The maximum Gasteiger partial charge on any atom is 0.200 e. The molecule has 4 aromatic rings. The van der Waals surface area contributed by atoms with E-state index >= 15 is 0 Å². The molecule has 5 heterocycles. The Balaban J connectivity index is 0.00000267. The fraction of sp³-hybridized carbons (Fsp3) is 0. The van der Waals surface area contributed by atoms with Crippen molar-refractivity contribution in [1.82, 2.24) is 19.9 Å². The number of halogens is 5. The second kappa shape index (κ2) is 8.99. The van der Waals surface area contributed by atoms with Gasteiger partial charge in [-0.2, -0.15) is 0 Å². The van der Waals surface area contributed by atoms with Crippen LogP contribution in [0.15, 0.2) is 48.5 Å². The average Bonchev–Trinajstić information content (AvgIpc) is 3.62. The quantitative estimate of drug-likeness (QED) is 0.115. The molecule has 1 aromatic carbocycles. The van der Waals surface area contributed by atoms with Crippen molar-refractivity contribution >= 4 is 45.9 Å². The van der Waals surface area contributed by atoms with Crippen molar-refractivity contribution in [2.75, 3.05) is 0 Å². The Morgan fingerprint density at radius 2 is 0.972 bits per heavy atom. The summed E-state index contributed by atoms with van der Waals surface area (Å²) in [6.07, 6.45) is 5.02. The number of aromatic amines is 2. The van der Waals surface area contributed by atoms with Crippen LogP contribution in [-0.4, -0.2) is 19.9 Å².